The molecule has 0 aromatic carbocycles. The van der Waals surface area contributed by atoms with Crippen molar-refractivity contribution in [1.29, 1.82) is 0 Å². The summed E-state index contributed by atoms with van der Waals surface area (Å²) in [6, 6.07) is 0. The van der Waals surface area contributed by atoms with Crippen molar-refractivity contribution >= 4 is 0 Å². The number of hydrogen-bond donors (Lipinski definition) is 1. The lowest BCUT2D eigenvalue weighted by atomic mass is 9.77. The molecule has 0 bridgehead atoms. The summed E-state index contributed by atoms with van der Waals surface area (Å²) in [4.78, 5) is 0. The Hall–Kier alpha value is -0.340. The van der Waals surface area contributed by atoms with Gasteiger partial charge in [0.1, 0.15) is 0 Å². The molecule has 1 fully saturated rings. The van der Waals surface area contributed by atoms with E-state index in [1.54, 1.807) is 0 Å². The fourth-order valence-corrected chi connectivity index (χ4v) is 2.37. The molecule has 1 heterocycles. The number of hydroxylamine groups is 2. The van der Waals surface area contributed by atoms with E-state index in [0.29, 0.717) is 0 Å². The van der Waals surface area contributed by atoms with E-state index < -0.39 is 0 Å². The Morgan fingerprint density at radius 3 is 2.38 bits per heavy atom. The number of hydrogen-bond acceptors (Lipinski definition) is 2. The molecule has 76 valence electrons. The van der Waals surface area contributed by atoms with Gasteiger partial charge in [-0.05, 0) is 40.0 Å². The van der Waals surface area contributed by atoms with Gasteiger partial charge in [0.2, 0.25) is 0 Å². The van der Waals surface area contributed by atoms with Crippen molar-refractivity contribution in [3.05, 3.63) is 12.2 Å². The molecular weight excluding hydrogens is 162 g/mol. The van der Waals surface area contributed by atoms with Gasteiger partial charge in [0.25, 0.3) is 0 Å². The molecule has 1 rings (SSSR count). The Kier molecular flexibility index (Phi) is 2.56. The molecule has 0 aromatic rings. The predicted octanol–water partition coefficient (Wildman–Crippen LogP) is 2.97. The summed E-state index contributed by atoms with van der Waals surface area (Å²) in [5.41, 5.74) is 0.957. The maximum absolute atomic E-state index is 10.1. The molecule has 1 aliphatic heterocycles. The molecule has 0 spiro atoms. The van der Waals surface area contributed by atoms with Crippen LogP contribution in [0.5, 0.6) is 0 Å². The van der Waals surface area contributed by atoms with Crippen LogP contribution in [0.15, 0.2) is 12.2 Å². The third-order valence-corrected chi connectivity index (χ3v) is 3.16. The smallest absolute Gasteiger partial charge is 0.0472 e. The first-order chi connectivity index (χ1) is 5.82. The summed E-state index contributed by atoms with van der Waals surface area (Å²) >= 11 is 0. The van der Waals surface area contributed by atoms with Gasteiger partial charge >= 0.3 is 0 Å². The first kappa shape index (κ1) is 10.7. The van der Waals surface area contributed by atoms with Crippen LogP contribution in [0.2, 0.25) is 0 Å². The minimum atomic E-state index is -0.167. The minimum Gasteiger partial charge on any atom is -0.313 e. The second-order valence-electron chi connectivity index (χ2n) is 5.08. The van der Waals surface area contributed by atoms with Gasteiger partial charge in [-0.15, -0.1) is 0 Å². The van der Waals surface area contributed by atoms with Gasteiger partial charge in [0.05, 0.1) is 0 Å². The third kappa shape index (κ3) is 1.79. The molecule has 1 unspecified atom stereocenters. The summed E-state index contributed by atoms with van der Waals surface area (Å²) in [5.74, 6) is 0. The highest BCUT2D eigenvalue weighted by Crippen LogP contribution is 2.40. The lowest BCUT2D eigenvalue weighted by Gasteiger charge is -2.50. The summed E-state index contributed by atoms with van der Waals surface area (Å²) in [6.07, 6.45) is 2.74. The summed E-state index contributed by atoms with van der Waals surface area (Å²) < 4.78 is 0. The molecule has 1 N–H and O–H groups in total. The van der Waals surface area contributed by atoms with Crippen LogP contribution in [-0.4, -0.2) is 21.3 Å². The molecule has 0 aromatic heterocycles. The maximum atomic E-state index is 10.1. The van der Waals surface area contributed by atoms with Crippen molar-refractivity contribution in [1.82, 2.24) is 5.06 Å². The zero-order valence-electron chi connectivity index (χ0n) is 9.22. The number of nitrogens with zero attached hydrogens (tertiary/aromatic N) is 1. The van der Waals surface area contributed by atoms with Crippen molar-refractivity contribution in [2.24, 2.45) is 0 Å². The highest BCUT2D eigenvalue weighted by molar-refractivity contribution is 5.13. The topological polar surface area (TPSA) is 23.5 Å². The molecule has 1 atom stereocenters. The Bertz CT molecular complexity index is 222. The molecule has 2 nitrogen and oxygen atoms in total. The van der Waals surface area contributed by atoms with Crippen molar-refractivity contribution in [3.8, 4) is 0 Å². The number of rotatable bonds is 1. The monoisotopic (exact) mass is 183 g/mol. The molecule has 2 heteroatoms. The molecule has 0 aliphatic carbocycles. The Morgan fingerprint density at radius 1 is 1.38 bits per heavy atom. The van der Waals surface area contributed by atoms with Crippen LogP contribution in [0.4, 0.5) is 0 Å². The largest absolute Gasteiger partial charge is 0.313 e. The van der Waals surface area contributed by atoms with Crippen LogP contribution in [0, 0.1) is 0 Å². The van der Waals surface area contributed by atoms with E-state index >= 15 is 0 Å². The van der Waals surface area contributed by atoms with Gasteiger partial charge in [0, 0.05) is 11.1 Å². The van der Waals surface area contributed by atoms with Crippen molar-refractivity contribution < 1.29 is 5.21 Å². The molecule has 0 radical (unpaired) electrons. The van der Waals surface area contributed by atoms with E-state index in [4.69, 9.17) is 0 Å². The van der Waals surface area contributed by atoms with Crippen molar-refractivity contribution in [2.45, 2.75) is 58.0 Å². The molecule has 13 heavy (non-hydrogen) atoms. The fraction of sp³-hybridized carbons (Fsp3) is 0.818. The maximum Gasteiger partial charge on any atom is 0.0472 e. The SMILES string of the molecule is C=C1CC(C)(C)N(O)C(C)(CC)C1. The van der Waals surface area contributed by atoms with Gasteiger partial charge in [-0.2, -0.15) is 5.06 Å². The van der Waals surface area contributed by atoms with E-state index in [1.165, 1.54) is 10.6 Å². The van der Waals surface area contributed by atoms with Crippen LogP contribution in [0.1, 0.15) is 47.0 Å². The summed E-state index contributed by atoms with van der Waals surface area (Å²) in [5, 5.41) is 11.6. The Labute approximate surface area is 81.2 Å². The van der Waals surface area contributed by atoms with E-state index in [9.17, 15) is 5.21 Å². The van der Waals surface area contributed by atoms with E-state index in [0.717, 1.165) is 19.3 Å². The van der Waals surface area contributed by atoms with Crippen LogP contribution in [0.3, 0.4) is 0 Å². The van der Waals surface area contributed by atoms with Crippen molar-refractivity contribution in [2.75, 3.05) is 0 Å². The van der Waals surface area contributed by atoms with Crippen molar-refractivity contribution in [3.63, 3.8) is 0 Å². The zero-order valence-corrected chi connectivity index (χ0v) is 9.22. The first-order valence-corrected chi connectivity index (χ1v) is 4.98. The van der Waals surface area contributed by atoms with Gasteiger partial charge < -0.3 is 5.21 Å². The van der Waals surface area contributed by atoms with Gasteiger partial charge in [-0.1, -0.05) is 19.1 Å². The lowest BCUT2D eigenvalue weighted by Crippen LogP contribution is -2.58. The van der Waals surface area contributed by atoms with Crippen LogP contribution in [-0.2, 0) is 0 Å². The average molecular weight is 183 g/mol. The van der Waals surface area contributed by atoms with Crippen LogP contribution < -0.4 is 0 Å². The quantitative estimate of drug-likeness (QED) is 0.632. The van der Waals surface area contributed by atoms with E-state index in [2.05, 4.69) is 34.3 Å². The summed E-state index contributed by atoms with van der Waals surface area (Å²) in [7, 11) is 0. The second-order valence-corrected chi connectivity index (χ2v) is 5.08. The lowest BCUT2D eigenvalue weighted by molar-refractivity contribution is -0.239. The highest BCUT2D eigenvalue weighted by atomic mass is 16.5. The van der Waals surface area contributed by atoms with E-state index in [1.807, 2.05) is 0 Å². The summed E-state index contributed by atoms with van der Waals surface area (Å²) in [6.45, 7) is 12.4. The normalized spacial score (nSPS) is 35.0. The second kappa shape index (κ2) is 3.10. The van der Waals surface area contributed by atoms with Gasteiger partial charge in [-0.3, -0.25) is 0 Å². The average Bonchev–Trinajstić information content (AvgIpc) is 1.99. The van der Waals surface area contributed by atoms with Crippen LogP contribution >= 0.6 is 0 Å². The molecule has 0 amide bonds. The molecule has 1 aliphatic rings. The van der Waals surface area contributed by atoms with E-state index in [-0.39, 0.29) is 11.1 Å². The molecular formula is C11H21NO. The Balaban J connectivity index is 2.94. The first-order valence-electron chi connectivity index (χ1n) is 4.98. The zero-order chi connectivity index (χ0) is 10.3. The fourth-order valence-electron chi connectivity index (χ4n) is 2.37. The third-order valence-electron chi connectivity index (χ3n) is 3.16. The number of piperidine rings is 1. The van der Waals surface area contributed by atoms with Gasteiger partial charge in [0.15, 0.2) is 0 Å². The molecule has 1 saturated heterocycles. The minimum absolute atomic E-state index is 0.126. The highest BCUT2D eigenvalue weighted by Gasteiger charge is 2.43. The Morgan fingerprint density at radius 2 is 1.92 bits per heavy atom. The molecule has 0 saturated carbocycles. The van der Waals surface area contributed by atoms with Gasteiger partial charge in [-0.25, -0.2) is 0 Å². The standard InChI is InChI=1S/C11H21NO/c1-6-11(5)8-9(2)7-10(3,4)12(11)13/h13H,2,6-8H2,1,3-5H3. The predicted molar refractivity (Wildman–Crippen MR) is 54.8 cm³/mol. The van der Waals surface area contributed by atoms with Crippen LogP contribution in [0.25, 0.3) is 0 Å².